The largest absolute Gasteiger partial charge is 0.436 e. The Bertz CT molecular complexity index is 879. The number of amides is 2. The maximum absolute atomic E-state index is 12.7. The number of benzene rings is 2. The molecule has 0 aromatic heterocycles. The van der Waals surface area contributed by atoms with Crippen molar-refractivity contribution >= 4 is 12.0 Å². The van der Waals surface area contributed by atoms with Gasteiger partial charge in [0.2, 0.25) is 0 Å². The van der Waals surface area contributed by atoms with Gasteiger partial charge in [0, 0.05) is 6.54 Å². The Labute approximate surface area is 182 Å². The van der Waals surface area contributed by atoms with E-state index >= 15 is 0 Å². The van der Waals surface area contributed by atoms with E-state index in [1.165, 1.54) is 0 Å². The van der Waals surface area contributed by atoms with Crippen LogP contribution >= 0.6 is 0 Å². The van der Waals surface area contributed by atoms with Crippen LogP contribution in [0.4, 0.5) is 4.79 Å². The summed E-state index contributed by atoms with van der Waals surface area (Å²) in [6, 6.07) is 20.2. The fraction of sp³-hybridized carbons (Fsp3) is 0.375. The van der Waals surface area contributed by atoms with Gasteiger partial charge in [-0.3, -0.25) is 4.79 Å². The molecule has 7 heteroatoms. The second-order valence-electron chi connectivity index (χ2n) is 7.60. The standard InChI is InChI=1S/C24H27N3O4/c25-14-21(17-30-16-20-9-5-2-6-10-20)27-23(28)22(13-18-11-12-18)31-24(29)26-15-19-7-3-1-4-8-19/h1-10,18,21-22H,11-13,15-17H2,(H,26,29)(H,27,28)/t21-,22+/m1/s1. The molecular weight excluding hydrogens is 394 g/mol. The summed E-state index contributed by atoms with van der Waals surface area (Å²) in [6.07, 6.45) is 0.890. The number of carbonyl (C=O) groups is 2. The van der Waals surface area contributed by atoms with Crippen molar-refractivity contribution in [2.24, 2.45) is 5.92 Å². The summed E-state index contributed by atoms with van der Waals surface area (Å²) in [5.74, 6) is -0.107. The Balaban J connectivity index is 1.47. The lowest BCUT2D eigenvalue weighted by atomic mass is 10.1. The van der Waals surface area contributed by atoms with Crippen molar-refractivity contribution in [3.8, 4) is 6.07 Å². The molecule has 162 valence electrons. The predicted octanol–water partition coefficient (Wildman–Crippen LogP) is 3.31. The normalized spacial score (nSPS) is 14.7. The molecule has 2 aromatic rings. The minimum Gasteiger partial charge on any atom is -0.436 e. The highest BCUT2D eigenvalue weighted by Crippen LogP contribution is 2.34. The molecule has 7 nitrogen and oxygen atoms in total. The van der Waals surface area contributed by atoms with Crippen LogP contribution in [0.1, 0.15) is 30.4 Å². The Morgan fingerprint density at radius 1 is 1.03 bits per heavy atom. The highest BCUT2D eigenvalue weighted by atomic mass is 16.6. The van der Waals surface area contributed by atoms with E-state index in [1.54, 1.807) is 0 Å². The van der Waals surface area contributed by atoms with E-state index in [-0.39, 0.29) is 6.61 Å². The van der Waals surface area contributed by atoms with E-state index in [9.17, 15) is 14.9 Å². The van der Waals surface area contributed by atoms with E-state index in [2.05, 4.69) is 10.6 Å². The van der Waals surface area contributed by atoms with Crippen molar-refractivity contribution < 1.29 is 19.1 Å². The first-order valence-corrected chi connectivity index (χ1v) is 10.4. The van der Waals surface area contributed by atoms with Gasteiger partial charge in [-0.15, -0.1) is 0 Å². The van der Waals surface area contributed by atoms with Crippen molar-refractivity contribution in [3.63, 3.8) is 0 Å². The molecule has 0 bridgehead atoms. The molecule has 2 amide bonds. The van der Waals surface area contributed by atoms with Gasteiger partial charge in [-0.2, -0.15) is 5.26 Å². The molecular formula is C24H27N3O4. The van der Waals surface area contributed by atoms with Gasteiger partial charge in [0.1, 0.15) is 6.04 Å². The average molecular weight is 421 g/mol. The van der Waals surface area contributed by atoms with E-state index in [0.29, 0.717) is 25.5 Å². The molecule has 2 N–H and O–H groups in total. The van der Waals surface area contributed by atoms with Crippen LogP contribution < -0.4 is 10.6 Å². The monoisotopic (exact) mass is 421 g/mol. The average Bonchev–Trinajstić information content (AvgIpc) is 3.62. The topological polar surface area (TPSA) is 100 Å². The van der Waals surface area contributed by atoms with Gasteiger partial charge in [-0.1, -0.05) is 73.5 Å². The lowest BCUT2D eigenvalue weighted by Gasteiger charge is -2.20. The van der Waals surface area contributed by atoms with Crippen molar-refractivity contribution in [1.82, 2.24) is 10.6 Å². The van der Waals surface area contributed by atoms with Gasteiger partial charge in [-0.25, -0.2) is 4.79 Å². The maximum atomic E-state index is 12.7. The lowest BCUT2D eigenvalue weighted by molar-refractivity contribution is -0.130. The van der Waals surface area contributed by atoms with Gasteiger partial charge in [0.15, 0.2) is 6.10 Å². The summed E-state index contributed by atoms with van der Waals surface area (Å²) in [5, 5.41) is 14.7. The van der Waals surface area contributed by atoms with Crippen molar-refractivity contribution in [2.75, 3.05) is 6.61 Å². The minimum atomic E-state index is -0.937. The number of alkyl carbamates (subject to hydrolysis) is 1. The number of nitriles is 1. The van der Waals surface area contributed by atoms with Crippen LogP contribution in [0.15, 0.2) is 60.7 Å². The molecule has 0 spiro atoms. The van der Waals surface area contributed by atoms with E-state index in [0.717, 1.165) is 24.0 Å². The van der Waals surface area contributed by atoms with Crippen LogP contribution in [0, 0.1) is 17.2 Å². The summed E-state index contributed by atoms with van der Waals surface area (Å²) in [6.45, 7) is 0.706. The van der Waals surface area contributed by atoms with Crippen LogP contribution in [0.25, 0.3) is 0 Å². The Hall–Kier alpha value is -3.37. The van der Waals surface area contributed by atoms with Gasteiger partial charge in [0.25, 0.3) is 5.91 Å². The lowest BCUT2D eigenvalue weighted by Crippen LogP contribution is -2.45. The minimum absolute atomic E-state index is 0.0491. The number of nitrogens with one attached hydrogen (secondary N) is 2. The Kier molecular flexibility index (Phi) is 8.44. The molecule has 0 radical (unpaired) electrons. The van der Waals surface area contributed by atoms with Crippen LogP contribution in [0.3, 0.4) is 0 Å². The Morgan fingerprint density at radius 3 is 2.29 bits per heavy atom. The molecule has 0 heterocycles. The molecule has 1 fully saturated rings. The van der Waals surface area contributed by atoms with Crippen molar-refractivity contribution in [3.05, 3.63) is 71.8 Å². The second-order valence-corrected chi connectivity index (χ2v) is 7.60. The molecule has 1 aliphatic carbocycles. The van der Waals surface area contributed by atoms with Gasteiger partial charge in [0.05, 0.1) is 19.3 Å². The molecule has 31 heavy (non-hydrogen) atoms. The van der Waals surface area contributed by atoms with Crippen LogP contribution in [-0.2, 0) is 27.4 Å². The highest BCUT2D eigenvalue weighted by Gasteiger charge is 2.32. The van der Waals surface area contributed by atoms with Gasteiger partial charge < -0.3 is 20.1 Å². The van der Waals surface area contributed by atoms with E-state index in [1.807, 2.05) is 66.7 Å². The zero-order valence-corrected chi connectivity index (χ0v) is 17.3. The molecule has 0 unspecified atom stereocenters. The molecule has 0 saturated heterocycles. The first-order valence-electron chi connectivity index (χ1n) is 10.4. The highest BCUT2D eigenvalue weighted by molar-refractivity contribution is 5.84. The number of ether oxygens (including phenoxy) is 2. The van der Waals surface area contributed by atoms with Gasteiger partial charge >= 0.3 is 6.09 Å². The van der Waals surface area contributed by atoms with Crippen LogP contribution in [-0.4, -0.2) is 30.8 Å². The molecule has 1 saturated carbocycles. The van der Waals surface area contributed by atoms with Crippen LogP contribution in [0.5, 0.6) is 0 Å². The van der Waals surface area contributed by atoms with Crippen molar-refractivity contribution in [1.29, 1.82) is 5.26 Å². The quantitative estimate of drug-likeness (QED) is 0.580. The van der Waals surface area contributed by atoms with Gasteiger partial charge in [-0.05, 0) is 23.5 Å². The molecule has 1 aliphatic rings. The fourth-order valence-electron chi connectivity index (χ4n) is 3.05. The first kappa shape index (κ1) is 22.3. The second kappa shape index (κ2) is 11.7. The SMILES string of the molecule is N#C[C@H](COCc1ccccc1)NC(=O)[C@H](CC1CC1)OC(=O)NCc1ccccc1. The first-order chi connectivity index (χ1) is 15.1. The molecule has 0 aliphatic heterocycles. The summed E-state index contributed by atoms with van der Waals surface area (Å²) in [5.41, 5.74) is 1.92. The third kappa shape index (κ3) is 8.11. The third-order valence-electron chi connectivity index (χ3n) is 4.93. The summed E-state index contributed by atoms with van der Waals surface area (Å²) in [7, 11) is 0. The number of carbonyl (C=O) groups excluding carboxylic acids is 2. The molecule has 2 aromatic carbocycles. The smallest absolute Gasteiger partial charge is 0.408 e. The summed E-state index contributed by atoms with van der Waals surface area (Å²) < 4.78 is 10.9. The number of rotatable bonds is 11. The molecule has 3 rings (SSSR count). The van der Waals surface area contributed by atoms with E-state index < -0.39 is 24.1 Å². The zero-order chi connectivity index (χ0) is 21.9. The maximum Gasteiger partial charge on any atom is 0.408 e. The summed E-state index contributed by atoms with van der Waals surface area (Å²) >= 11 is 0. The van der Waals surface area contributed by atoms with Crippen molar-refractivity contribution in [2.45, 2.75) is 44.6 Å². The zero-order valence-electron chi connectivity index (χ0n) is 17.3. The number of nitrogens with zero attached hydrogens (tertiary/aromatic N) is 1. The van der Waals surface area contributed by atoms with E-state index in [4.69, 9.17) is 9.47 Å². The third-order valence-corrected chi connectivity index (χ3v) is 4.93. The Morgan fingerprint density at radius 2 is 1.68 bits per heavy atom. The van der Waals surface area contributed by atoms with Crippen LogP contribution in [0.2, 0.25) is 0 Å². The number of hydrogen-bond donors (Lipinski definition) is 2. The fourth-order valence-corrected chi connectivity index (χ4v) is 3.05. The summed E-state index contributed by atoms with van der Waals surface area (Å²) in [4.78, 5) is 24.9. The molecule has 2 atom stereocenters. The predicted molar refractivity (Wildman–Crippen MR) is 115 cm³/mol. The number of hydrogen-bond acceptors (Lipinski definition) is 5.